The second kappa shape index (κ2) is 10.5. The second-order valence-electron chi connectivity index (χ2n) is 8.68. The van der Waals surface area contributed by atoms with E-state index < -0.39 is 30.2 Å². The molecule has 5 rings (SSSR count). The van der Waals surface area contributed by atoms with Crippen LogP contribution in [0.1, 0.15) is 5.56 Å². The Morgan fingerprint density at radius 3 is 2.53 bits per heavy atom. The molecule has 0 aliphatic carbocycles. The lowest BCUT2D eigenvalue weighted by Gasteiger charge is -2.15. The van der Waals surface area contributed by atoms with Gasteiger partial charge in [-0.25, -0.2) is 9.59 Å². The van der Waals surface area contributed by atoms with E-state index in [1.807, 2.05) is 36.4 Å². The lowest BCUT2D eigenvalue weighted by Crippen LogP contribution is -2.44. The minimum atomic E-state index is -1.15. The number of carboxylic acids is 1. The molecule has 1 atom stereocenters. The van der Waals surface area contributed by atoms with Gasteiger partial charge in [-0.1, -0.05) is 30.3 Å². The fraction of sp³-hybridized carbons (Fsp3) is 0.138. The average Bonchev–Trinajstić information content (AvgIpc) is 3.33. The van der Waals surface area contributed by atoms with Crippen molar-refractivity contribution in [2.45, 2.75) is 12.5 Å². The van der Waals surface area contributed by atoms with Crippen molar-refractivity contribution in [2.24, 2.45) is 0 Å². The summed E-state index contributed by atoms with van der Waals surface area (Å²) in [5, 5.41) is 13.8. The Balaban J connectivity index is 1.28. The van der Waals surface area contributed by atoms with Crippen molar-refractivity contribution in [3.05, 3.63) is 95.0 Å². The number of fused-ring (bicyclic) bond motifs is 2. The van der Waals surface area contributed by atoms with Gasteiger partial charge in [-0.3, -0.25) is 4.79 Å². The van der Waals surface area contributed by atoms with Crippen LogP contribution in [0.25, 0.3) is 33.0 Å². The highest BCUT2D eigenvalue weighted by atomic mass is 16.5. The van der Waals surface area contributed by atoms with Gasteiger partial charge in [0.25, 0.3) is 5.91 Å². The number of carboxylic acid groups (broad SMARTS) is 1. The number of H-pyrrole nitrogens is 1. The van der Waals surface area contributed by atoms with Crippen molar-refractivity contribution in [2.75, 3.05) is 13.7 Å². The van der Waals surface area contributed by atoms with E-state index >= 15 is 0 Å². The molecule has 0 fully saturated rings. The van der Waals surface area contributed by atoms with Gasteiger partial charge in [-0.2, -0.15) is 0 Å². The number of hydrogen-bond acceptors (Lipinski definition) is 6. The van der Waals surface area contributed by atoms with Crippen LogP contribution in [-0.2, 0) is 16.0 Å². The zero-order chi connectivity index (χ0) is 26.6. The molecule has 0 radical (unpaired) electrons. The van der Waals surface area contributed by atoms with Crippen LogP contribution >= 0.6 is 0 Å². The van der Waals surface area contributed by atoms with Crippen LogP contribution < -0.4 is 20.4 Å². The molecule has 0 saturated heterocycles. The van der Waals surface area contributed by atoms with E-state index in [1.54, 1.807) is 37.6 Å². The van der Waals surface area contributed by atoms with Crippen LogP contribution in [-0.4, -0.2) is 41.7 Å². The van der Waals surface area contributed by atoms with Crippen molar-refractivity contribution in [1.29, 1.82) is 0 Å². The first-order valence-electron chi connectivity index (χ1n) is 11.8. The topological polar surface area (TPSA) is 131 Å². The van der Waals surface area contributed by atoms with Gasteiger partial charge >= 0.3 is 11.6 Å². The lowest BCUT2D eigenvalue weighted by atomic mass is 10.0. The van der Waals surface area contributed by atoms with E-state index in [9.17, 15) is 19.5 Å². The fourth-order valence-electron chi connectivity index (χ4n) is 4.35. The van der Waals surface area contributed by atoms with Crippen molar-refractivity contribution in [3.63, 3.8) is 0 Å². The highest BCUT2D eigenvalue weighted by Crippen LogP contribution is 2.30. The minimum absolute atomic E-state index is 0.111. The van der Waals surface area contributed by atoms with Gasteiger partial charge in [-0.15, -0.1) is 0 Å². The predicted octanol–water partition coefficient (Wildman–Crippen LogP) is 4.14. The Bertz CT molecular complexity index is 1690. The predicted molar refractivity (Wildman–Crippen MR) is 142 cm³/mol. The Morgan fingerprint density at radius 1 is 1.00 bits per heavy atom. The van der Waals surface area contributed by atoms with Gasteiger partial charge in [0.2, 0.25) is 0 Å². The summed E-state index contributed by atoms with van der Waals surface area (Å²) in [6.45, 7) is -0.411. The maximum Gasteiger partial charge on any atom is 0.336 e. The molecule has 192 valence electrons. The first-order chi connectivity index (χ1) is 18.4. The quantitative estimate of drug-likeness (QED) is 0.253. The first kappa shape index (κ1) is 24.6. The van der Waals surface area contributed by atoms with Gasteiger partial charge in [-0.05, 0) is 47.0 Å². The Kier molecular flexibility index (Phi) is 6.82. The summed E-state index contributed by atoms with van der Waals surface area (Å²) in [6.07, 6.45) is 1.85. The standard InChI is InChI=1S/C29H24N2O7/c1-36-19-8-6-17(7-9-19)23-14-28(33)38-26-13-20(10-11-22(23)26)37-16-27(32)31-25(29(34)35)12-18-15-30-24-5-3-2-4-21(18)24/h2-11,13-15,25,30H,12,16H2,1H3,(H,31,32)(H,34,35). The van der Waals surface area contributed by atoms with E-state index in [1.165, 1.54) is 12.1 Å². The van der Waals surface area contributed by atoms with Crippen molar-refractivity contribution >= 4 is 33.7 Å². The molecule has 2 aromatic heterocycles. The number of ether oxygens (including phenoxy) is 2. The number of aliphatic carboxylic acids is 1. The number of nitrogens with one attached hydrogen (secondary N) is 2. The van der Waals surface area contributed by atoms with Crippen molar-refractivity contribution in [1.82, 2.24) is 10.3 Å². The fourth-order valence-corrected chi connectivity index (χ4v) is 4.35. The third kappa shape index (κ3) is 5.22. The molecule has 9 heteroatoms. The zero-order valence-electron chi connectivity index (χ0n) is 20.4. The molecule has 0 spiro atoms. The number of aromatic amines is 1. The number of rotatable bonds is 9. The summed E-state index contributed by atoms with van der Waals surface area (Å²) in [5.74, 6) is -0.749. The molecule has 9 nitrogen and oxygen atoms in total. The molecule has 0 bridgehead atoms. The maximum absolute atomic E-state index is 12.5. The van der Waals surface area contributed by atoms with Crippen LogP contribution in [0.2, 0.25) is 0 Å². The molecule has 2 heterocycles. The summed E-state index contributed by atoms with van der Waals surface area (Å²) in [7, 11) is 1.58. The molecule has 1 amide bonds. The number of amides is 1. The van der Waals surface area contributed by atoms with E-state index in [2.05, 4.69) is 10.3 Å². The summed E-state index contributed by atoms with van der Waals surface area (Å²) in [5.41, 5.74) is 2.94. The van der Waals surface area contributed by atoms with Gasteiger partial charge in [0.05, 0.1) is 7.11 Å². The molecular weight excluding hydrogens is 488 g/mol. The number of methoxy groups -OCH3 is 1. The Labute approximate surface area is 216 Å². The number of carbonyl (C=O) groups is 2. The molecule has 5 aromatic rings. The second-order valence-corrected chi connectivity index (χ2v) is 8.68. The molecule has 3 aromatic carbocycles. The number of aromatic nitrogens is 1. The average molecular weight is 513 g/mol. The van der Waals surface area contributed by atoms with Crippen molar-refractivity contribution in [3.8, 4) is 22.6 Å². The van der Waals surface area contributed by atoms with E-state index in [-0.39, 0.29) is 6.42 Å². The number of benzene rings is 3. The van der Waals surface area contributed by atoms with E-state index in [0.29, 0.717) is 28.0 Å². The van der Waals surface area contributed by atoms with Crippen LogP contribution in [0.5, 0.6) is 11.5 Å². The largest absolute Gasteiger partial charge is 0.497 e. The normalized spacial score (nSPS) is 11.8. The molecule has 0 aliphatic rings. The van der Waals surface area contributed by atoms with Crippen LogP contribution in [0.15, 0.2) is 88.2 Å². The van der Waals surface area contributed by atoms with Gasteiger partial charge < -0.3 is 29.3 Å². The maximum atomic E-state index is 12.5. The van der Waals surface area contributed by atoms with Crippen molar-refractivity contribution < 1.29 is 28.6 Å². The molecule has 3 N–H and O–H groups in total. The first-order valence-corrected chi connectivity index (χ1v) is 11.8. The third-order valence-corrected chi connectivity index (χ3v) is 6.22. The molecular formula is C29H24N2O7. The summed E-state index contributed by atoms with van der Waals surface area (Å²) in [4.78, 5) is 39.7. The highest BCUT2D eigenvalue weighted by molar-refractivity contribution is 5.94. The summed E-state index contributed by atoms with van der Waals surface area (Å²) >= 11 is 0. The summed E-state index contributed by atoms with van der Waals surface area (Å²) in [6, 6.07) is 20.0. The zero-order valence-corrected chi connectivity index (χ0v) is 20.4. The van der Waals surface area contributed by atoms with Gasteiger partial charge in [0.15, 0.2) is 6.61 Å². The van der Waals surface area contributed by atoms with Crippen LogP contribution in [0.4, 0.5) is 0 Å². The monoisotopic (exact) mass is 512 g/mol. The van der Waals surface area contributed by atoms with Gasteiger partial charge in [0, 0.05) is 41.0 Å². The molecule has 0 aliphatic heterocycles. The third-order valence-electron chi connectivity index (χ3n) is 6.22. The minimum Gasteiger partial charge on any atom is -0.497 e. The molecule has 0 saturated carbocycles. The SMILES string of the molecule is COc1ccc(-c2cc(=O)oc3cc(OCC(=O)NC(Cc4c[nH]c5ccccc45)C(=O)O)ccc23)cc1. The Hall–Kier alpha value is -5.05. The van der Waals surface area contributed by atoms with E-state index in [0.717, 1.165) is 22.0 Å². The smallest absolute Gasteiger partial charge is 0.336 e. The van der Waals surface area contributed by atoms with Crippen LogP contribution in [0, 0.1) is 0 Å². The van der Waals surface area contributed by atoms with E-state index in [4.69, 9.17) is 13.9 Å². The highest BCUT2D eigenvalue weighted by Gasteiger charge is 2.22. The molecule has 38 heavy (non-hydrogen) atoms. The Morgan fingerprint density at radius 2 is 1.76 bits per heavy atom. The number of para-hydroxylation sites is 1. The summed E-state index contributed by atoms with van der Waals surface area (Å²) < 4.78 is 16.1. The number of carbonyl (C=O) groups excluding carboxylic acids is 1. The lowest BCUT2D eigenvalue weighted by molar-refractivity contribution is -0.142. The van der Waals surface area contributed by atoms with Gasteiger partial charge in [0.1, 0.15) is 23.1 Å². The van der Waals surface area contributed by atoms with Crippen LogP contribution in [0.3, 0.4) is 0 Å². The molecule has 1 unspecified atom stereocenters. The number of hydrogen-bond donors (Lipinski definition) is 3.